The minimum Gasteiger partial charge on any atom is -0.387 e. The molecule has 1 aliphatic carbocycles. The van der Waals surface area contributed by atoms with Crippen molar-refractivity contribution in [3.8, 4) is 0 Å². The van der Waals surface area contributed by atoms with E-state index in [2.05, 4.69) is 15.0 Å². The van der Waals surface area contributed by atoms with E-state index in [-0.39, 0.29) is 17.0 Å². The number of hydrogen-bond acceptors (Lipinski definition) is 7. The van der Waals surface area contributed by atoms with Crippen LogP contribution in [0.2, 0.25) is 0 Å². The van der Waals surface area contributed by atoms with E-state index in [9.17, 15) is 19.0 Å². The van der Waals surface area contributed by atoms with Gasteiger partial charge in [-0.1, -0.05) is 0 Å². The average Bonchev–Trinajstić information content (AvgIpc) is 2.75. The summed E-state index contributed by atoms with van der Waals surface area (Å²) in [6, 6.07) is 0. The van der Waals surface area contributed by atoms with Crippen molar-refractivity contribution in [2.45, 2.75) is 36.4 Å². The molecule has 0 aromatic carbocycles. The Morgan fingerprint density at radius 1 is 1.33 bits per heavy atom. The molecule has 112 valence electrons. The Morgan fingerprint density at radius 2 is 2.05 bits per heavy atom. The van der Waals surface area contributed by atoms with Crippen LogP contribution in [0.25, 0.3) is 11.2 Å². The van der Waals surface area contributed by atoms with Gasteiger partial charge in [-0.15, -0.1) is 0 Å². The fourth-order valence-electron chi connectivity index (χ4n) is 2.80. The summed E-state index contributed by atoms with van der Waals surface area (Å²) < 4.78 is 33.4. The molecule has 4 atom stereocenters. The standard InChI is InChI=1S/C11H11F2N5O3/c12-11(13)1-10(11)6(20)5(19)9(21-10)18-3-17-4-7(14)15-2-16-8(4)18/h2-3,5-6,9,19-20H,1H2,(H2,14,15,16)/t5-,6+,9-,10+/m1/s1. The maximum Gasteiger partial charge on any atom is 0.282 e. The van der Waals surface area contributed by atoms with E-state index in [0.29, 0.717) is 0 Å². The third-order valence-corrected chi connectivity index (χ3v) is 4.06. The minimum atomic E-state index is -3.16. The van der Waals surface area contributed by atoms with E-state index in [1.807, 2.05) is 0 Å². The monoisotopic (exact) mass is 299 g/mol. The lowest BCUT2D eigenvalue weighted by Crippen LogP contribution is -2.36. The number of ether oxygens (including phenoxy) is 1. The van der Waals surface area contributed by atoms with Crippen LogP contribution in [0.15, 0.2) is 12.7 Å². The zero-order valence-corrected chi connectivity index (χ0v) is 10.5. The van der Waals surface area contributed by atoms with Gasteiger partial charge in [-0.25, -0.2) is 23.7 Å². The first-order chi connectivity index (χ1) is 9.87. The van der Waals surface area contributed by atoms with Crippen LogP contribution >= 0.6 is 0 Å². The lowest BCUT2D eigenvalue weighted by Gasteiger charge is -2.16. The maximum absolute atomic E-state index is 13.4. The molecule has 3 heterocycles. The van der Waals surface area contributed by atoms with Crippen LogP contribution in [0.3, 0.4) is 0 Å². The number of rotatable bonds is 1. The lowest BCUT2D eigenvalue weighted by atomic mass is 10.1. The molecule has 1 saturated heterocycles. The van der Waals surface area contributed by atoms with E-state index in [1.165, 1.54) is 17.2 Å². The Morgan fingerprint density at radius 3 is 2.67 bits per heavy atom. The third-order valence-electron chi connectivity index (χ3n) is 4.06. The van der Waals surface area contributed by atoms with Crippen LogP contribution in [0.4, 0.5) is 14.6 Å². The summed E-state index contributed by atoms with van der Waals surface area (Å²) in [7, 11) is 0. The van der Waals surface area contributed by atoms with Gasteiger partial charge in [0.05, 0.1) is 12.7 Å². The van der Waals surface area contributed by atoms with E-state index in [1.54, 1.807) is 0 Å². The van der Waals surface area contributed by atoms with Crippen molar-refractivity contribution in [1.82, 2.24) is 19.5 Å². The molecule has 0 unspecified atom stereocenters. The fourth-order valence-corrected chi connectivity index (χ4v) is 2.80. The number of aliphatic hydroxyl groups is 2. The van der Waals surface area contributed by atoms with Gasteiger partial charge in [-0.05, 0) is 0 Å². The summed E-state index contributed by atoms with van der Waals surface area (Å²) in [6.07, 6.45) is -2.60. The molecule has 2 fully saturated rings. The number of fused-ring (bicyclic) bond motifs is 1. The molecule has 4 N–H and O–H groups in total. The molecule has 1 saturated carbocycles. The second kappa shape index (κ2) is 3.64. The van der Waals surface area contributed by atoms with E-state index in [4.69, 9.17) is 10.5 Å². The molecular formula is C11H11F2N5O3. The van der Waals surface area contributed by atoms with Crippen LogP contribution < -0.4 is 5.73 Å². The van der Waals surface area contributed by atoms with Crippen molar-refractivity contribution in [1.29, 1.82) is 0 Å². The number of nitrogens with two attached hydrogens (primary N) is 1. The molecule has 0 amide bonds. The molecule has 21 heavy (non-hydrogen) atoms. The van der Waals surface area contributed by atoms with Crippen molar-refractivity contribution >= 4 is 17.0 Å². The molecule has 4 rings (SSSR count). The zero-order chi connectivity index (χ0) is 15.0. The molecule has 0 radical (unpaired) electrons. The smallest absolute Gasteiger partial charge is 0.282 e. The second-order valence-electron chi connectivity index (χ2n) is 5.30. The van der Waals surface area contributed by atoms with Crippen LogP contribution in [0.1, 0.15) is 12.6 Å². The highest BCUT2D eigenvalue weighted by Crippen LogP contribution is 2.63. The molecule has 10 heteroatoms. The van der Waals surface area contributed by atoms with E-state index < -0.39 is 36.4 Å². The van der Waals surface area contributed by atoms with Crippen molar-refractivity contribution in [3.05, 3.63) is 12.7 Å². The SMILES string of the molecule is Nc1ncnc2c1ncn2[C@@H]1O[C@@]2(CC2(F)F)[C@@H](O)[C@H]1O. The van der Waals surface area contributed by atoms with E-state index in [0.717, 1.165) is 0 Å². The number of alkyl halides is 2. The number of halogens is 2. The van der Waals surface area contributed by atoms with Gasteiger partial charge in [0, 0.05) is 0 Å². The van der Waals surface area contributed by atoms with Gasteiger partial charge in [-0.2, -0.15) is 0 Å². The highest BCUT2D eigenvalue weighted by atomic mass is 19.3. The van der Waals surface area contributed by atoms with Crippen LogP contribution in [0, 0.1) is 0 Å². The van der Waals surface area contributed by atoms with E-state index >= 15 is 0 Å². The Balaban J connectivity index is 1.78. The summed E-state index contributed by atoms with van der Waals surface area (Å²) in [5.74, 6) is -3.04. The van der Waals surface area contributed by atoms with Gasteiger partial charge in [0.15, 0.2) is 23.3 Å². The van der Waals surface area contributed by atoms with Crippen LogP contribution in [-0.4, -0.2) is 53.5 Å². The normalized spacial score (nSPS) is 37.4. The topological polar surface area (TPSA) is 119 Å². The number of aromatic nitrogens is 4. The summed E-state index contributed by atoms with van der Waals surface area (Å²) in [4.78, 5) is 11.7. The van der Waals surface area contributed by atoms with Crippen molar-refractivity contribution in [2.75, 3.05) is 5.73 Å². The Labute approximate surface area is 116 Å². The number of imidazole rings is 1. The summed E-state index contributed by atoms with van der Waals surface area (Å²) in [6.45, 7) is 0. The van der Waals surface area contributed by atoms with Gasteiger partial charge in [0.25, 0.3) is 5.92 Å². The average molecular weight is 299 g/mol. The molecule has 8 nitrogen and oxygen atoms in total. The molecule has 0 bridgehead atoms. The van der Waals surface area contributed by atoms with Gasteiger partial charge < -0.3 is 20.7 Å². The number of aliphatic hydroxyl groups excluding tert-OH is 2. The predicted molar refractivity (Wildman–Crippen MR) is 64.2 cm³/mol. The van der Waals surface area contributed by atoms with Crippen molar-refractivity contribution in [2.24, 2.45) is 0 Å². The Kier molecular flexibility index (Phi) is 2.22. The van der Waals surface area contributed by atoms with Crippen LogP contribution in [0.5, 0.6) is 0 Å². The van der Waals surface area contributed by atoms with Crippen molar-refractivity contribution in [3.63, 3.8) is 0 Å². The molecular weight excluding hydrogens is 288 g/mol. The van der Waals surface area contributed by atoms with Gasteiger partial charge in [0.1, 0.15) is 24.1 Å². The number of hydrogen-bond donors (Lipinski definition) is 3. The second-order valence-corrected chi connectivity index (χ2v) is 5.30. The maximum atomic E-state index is 13.4. The first kappa shape index (κ1) is 12.8. The van der Waals surface area contributed by atoms with Crippen LogP contribution in [-0.2, 0) is 4.74 Å². The molecule has 2 aromatic heterocycles. The molecule has 2 aromatic rings. The predicted octanol–water partition coefficient (Wildman–Crippen LogP) is -0.563. The molecule has 1 aliphatic heterocycles. The summed E-state index contributed by atoms with van der Waals surface area (Å²) >= 11 is 0. The summed E-state index contributed by atoms with van der Waals surface area (Å²) in [5.41, 5.74) is 4.11. The van der Waals surface area contributed by atoms with Gasteiger partial charge in [-0.3, -0.25) is 4.57 Å². The fraction of sp³-hybridized carbons (Fsp3) is 0.545. The number of nitrogen functional groups attached to an aromatic ring is 1. The van der Waals surface area contributed by atoms with Gasteiger partial charge in [0.2, 0.25) is 0 Å². The highest BCUT2D eigenvalue weighted by Gasteiger charge is 2.81. The highest BCUT2D eigenvalue weighted by molar-refractivity contribution is 5.81. The first-order valence-corrected chi connectivity index (χ1v) is 6.22. The summed E-state index contributed by atoms with van der Waals surface area (Å²) in [5, 5.41) is 19.9. The lowest BCUT2D eigenvalue weighted by molar-refractivity contribution is -0.0989. The Hall–Kier alpha value is -1.91. The van der Waals surface area contributed by atoms with Crippen molar-refractivity contribution < 1.29 is 23.7 Å². The third kappa shape index (κ3) is 1.44. The zero-order valence-electron chi connectivity index (χ0n) is 10.5. The first-order valence-electron chi connectivity index (χ1n) is 6.22. The molecule has 1 spiro atoms. The number of anilines is 1. The molecule has 2 aliphatic rings. The quantitative estimate of drug-likeness (QED) is 0.645. The largest absolute Gasteiger partial charge is 0.387 e. The minimum absolute atomic E-state index is 0.123. The van der Waals surface area contributed by atoms with Gasteiger partial charge >= 0.3 is 0 Å². The number of nitrogens with zero attached hydrogens (tertiary/aromatic N) is 4. The Bertz CT molecular complexity index is 738.